The number of halogens is 1. The van der Waals surface area contributed by atoms with Crippen LogP contribution in [0.1, 0.15) is 34.5 Å². The number of aromatic nitrogens is 4. The summed E-state index contributed by atoms with van der Waals surface area (Å²) in [4.78, 5) is 12.7. The van der Waals surface area contributed by atoms with E-state index in [0.717, 1.165) is 21.9 Å². The molecule has 0 radical (unpaired) electrons. The molecule has 1 aromatic carbocycles. The van der Waals surface area contributed by atoms with Gasteiger partial charge in [-0.05, 0) is 51.1 Å². The normalized spacial score (nSPS) is 11.7. The summed E-state index contributed by atoms with van der Waals surface area (Å²) < 4.78 is 43.0. The number of sulfonamides is 1. The maximum Gasteiger partial charge on any atom is 0.232 e. The smallest absolute Gasteiger partial charge is 0.232 e. The summed E-state index contributed by atoms with van der Waals surface area (Å²) in [5.41, 5.74) is 2.93. The van der Waals surface area contributed by atoms with Crippen LogP contribution in [0.4, 0.5) is 10.1 Å². The maximum absolute atomic E-state index is 13.3. The van der Waals surface area contributed by atoms with Gasteiger partial charge in [0, 0.05) is 30.5 Å². The standard InChI is InChI=1S/C21H26FN5O3S2/c1-6-26-20(12-27(32(5,29)30)17-9-7-16(22)8-10-17)23-24-21(26)31-13-19(28)18-11-14(2)25(4)15(18)3/h7-11H,6,12-13H2,1-5H3. The molecule has 8 nitrogen and oxygen atoms in total. The number of carbonyl (C=O) groups is 1. The summed E-state index contributed by atoms with van der Waals surface area (Å²) in [5.74, 6) is 0.165. The summed E-state index contributed by atoms with van der Waals surface area (Å²) in [6, 6.07) is 7.10. The molecule has 0 aliphatic carbocycles. The van der Waals surface area contributed by atoms with Gasteiger partial charge in [0.1, 0.15) is 5.82 Å². The number of ketones is 1. The number of benzene rings is 1. The molecule has 0 aliphatic heterocycles. The van der Waals surface area contributed by atoms with Gasteiger partial charge >= 0.3 is 0 Å². The highest BCUT2D eigenvalue weighted by molar-refractivity contribution is 7.99. The molecular formula is C21H26FN5O3S2. The van der Waals surface area contributed by atoms with Crippen molar-refractivity contribution in [1.82, 2.24) is 19.3 Å². The van der Waals surface area contributed by atoms with E-state index in [0.29, 0.717) is 28.8 Å². The van der Waals surface area contributed by atoms with E-state index in [-0.39, 0.29) is 18.1 Å². The molecule has 2 aromatic heterocycles. The highest BCUT2D eigenvalue weighted by Crippen LogP contribution is 2.24. The number of carbonyl (C=O) groups excluding carboxylic acids is 1. The molecule has 0 N–H and O–H groups in total. The van der Waals surface area contributed by atoms with Crippen molar-refractivity contribution in [3.05, 3.63) is 58.9 Å². The zero-order valence-electron chi connectivity index (χ0n) is 18.7. The minimum absolute atomic E-state index is 0.00697. The van der Waals surface area contributed by atoms with Crippen LogP contribution in [0.15, 0.2) is 35.5 Å². The van der Waals surface area contributed by atoms with Crippen LogP contribution in [0.2, 0.25) is 0 Å². The number of nitrogens with zero attached hydrogens (tertiary/aromatic N) is 5. The second-order valence-corrected chi connectivity index (χ2v) is 10.3. The van der Waals surface area contributed by atoms with E-state index in [4.69, 9.17) is 0 Å². The first-order valence-electron chi connectivity index (χ1n) is 9.97. The zero-order valence-corrected chi connectivity index (χ0v) is 20.3. The van der Waals surface area contributed by atoms with E-state index in [1.807, 2.05) is 38.5 Å². The predicted octanol–water partition coefficient (Wildman–Crippen LogP) is 3.33. The van der Waals surface area contributed by atoms with Crippen LogP contribution in [-0.2, 0) is 30.2 Å². The zero-order chi connectivity index (χ0) is 23.6. The Balaban J connectivity index is 1.81. The molecule has 0 saturated carbocycles. The molecule has 3 aromatic rings. The van der Waals surface area contributed by atoms with E-state index in [1.165, 1.54) is 36.0 Å². The van der Waals surface area contributed by atoms with Crippen molar-refractivity contribution in [3.8, 4) is 0 Å². The van der Waals surface area contributed by atoms with Gasteiger partial charge in [-0.3, -0.25) is 9.10 Å². The van der Waals surface area contributed by atoms with Crippen molar-refractivity contribution in [3.63, 3.8) is 0 Å². The van der Waals surface area contributed by atoms with Gasteiger partial charge in [-0.25, -0.2) is 12.8 Å². The number of thioether (sulfide) groups is 1. The lowest BCUT2D eigenvalue weighted by Gasteiger charge is -2.22. The van der Waals surface area contributed by atoms with Crippen molar-refractivity contribution in [2.45, 2.75) is 39.0 Å². The number of rotatable bonds is 9. The molecule has 3 rings (SSSR count). The Kier molecular flexibility index (Phi) is 7.09. The Hall–Kier alpha value is -2.66. The first-order chi connectivity index (χ1) is 15.0. The third kappa shape index (κ3) is 5.04. The van der Waals surface area contributed by atoms with Gasteiger partial charge < -0.3 is 9.13 Å². The third-order valence-corrected chi connectivity index (χ3v) is 7.42. The highest BCUT2D eigenvalue weighted by atomic mass is 32.2. The Morgan fingerprint density at radius 3 is 2.38 bits per heavy atom. The van der Waals surface area contributed by atoms with Gasteiger partial charge in [0.2, 0.25) is 10.0 Å². The van der Waals surface area contributed by atoms with Crippen LogP contribution in [0.3, 0.4) is 0 Å². The molecule has 0 amide bonds. The van der Waals surface area contributed by atoms with E-state index >= 15 is 0 Å². The first-order valence-corrected chi connectivity index (χ1v) is 12.8. The molecule has 11 heteroatoms. The maximum atomic E-state index is 13.3. The van der Waals surface area contributed by atoms with Crippen LogP contribution in [0, 0.1) is 19.7 Å². The van der Waals surface area contributed by atoms with Gasteiger partial charge in [-0.1, -0.05) is 11.8 Å². The lowest BCUT2D eigenvalue weighted by molar-refractivity contribution is 0.102. The third-order valence-electron chi connectivity index (χ3n) is 5.32. The second-order valence-electron chi connectivity index (χ2n) is 7.44. The summed E-state index contributed by atoms with van der Waals surface area (Å²) in [7, 11) is -1.73. The molecule has 0 aliphatic rings. The van der Waals surface area contributed by atoms with E-state index < -0.39 is 15.8 Å². The molecule has 0 bridgehead atoms. The molecule has 2 heterocycles. The molecule has 0 unspecified atom stereocenters. The number of anilines is 1. The molecule has 0 fully saturated rings. The fourth-order valence-corrected chi connectivity index (χ4v) is 5.10. The van der Waals surface area contributed by atoms with Crippen LogP contribution in [0.5, 0.6) is 0 Å². The minimum Gasteiger partial charge on any atom is -0.351 e. The van der Waals surface area contributed by atoms with E-state index in [1.54, 1.807) is 4.57 Å². The van der Waals surface area contributed by atoms with Crippen molar-refractivity contribution >= 4 is 33.3 Å². The highest BCUT2D eigenvalue weighted by Gasteiger charge is 2.23. The van der Waals surface area contributed by atoms with Crippen LogP contribution in [-0.4, -0.2) is 45.5 Å². The average molecular weight is 480 g/mol. The molecule has 0 saturated heterocycles. The first kappa shape index (κ1) is 24.0. The number of hydrogen-bond donors (Lipinski definition) is 0. The van der Waals surface area contributed by atoms with Gasteiger partial charge in [-0.2, -0.15) is 0 Å². The fourth-order valence-electron chi connectivity index (χ4n) is 3.34. The van der Waals surface area contributed by atoms with E-state index in [2.05, 4.69) is 10.2 Å². The van der Waals surface area contributed by atoms with E-state index in [9.17, 15) is 17.6 Å². The van der Waals surface area contributed by atoms with Crippen LogP contribution < -0.4 is 4.31 Å². The van der Waals surface area contributed by atoms with Crippen LogP contribution in [0.25, 0.3) is 0 Å². The number of Topliss-reactive ketones (excluding diaryl/α,β-unsaturated/α-hetero) is 1. The summed E-state index contributed by atoms with van der Waals surface area (Å²) in [6.45, 7) is 6.20. The average Bonchev–Trinajstić information content (AvgIpc) is 3.25. The Labute approximate surface area is 191 Å². The van der Waals surface area contributed by atoms with Gasteiger partial charge in [0.05, 0.1) is 24.2 Å². The summed E-state index contributed by atoms with van der Waals surface area (Å²) >= 11 is 1.26. The van der Waals surface area contributed by atoms with Crippen LogP contribution >= 0.6 is 11.8 Å². The lowest BCUT2D eigenvalue weighted by Crippen LogP contribution is -2.30. The Bertz CT molecular complexity index is 1230. The molecular weight excluding hydrogens is 453 g/mol. The second kappa shape index (κ2) is 9.45. The number of hydrogen-bond acceptors (Lipinski definition) is 6. The summed E-state index contributed by atoms with van der Waals surface area (Å²) in [5, 5.41) is 8.88. The molecule has 0 atom stereocenters. The minimum atomic E-state index is -3.65. The van der Waals surface area contributed by atoms with Crippen molar-refractivity contribution in [1.29, 1.82) is 0 Å². The van der Waals surface area contributed by atoms with Crippen molar-refractivity contribution < 1.29 is 17.6 Å². The Morgan fingerprint density at radius 1 is 1.19 bits per heavy atom. The summed E-state index contributed by atoms with van der Waals surface area (Å²) in [6.07, 6.45) is 1.08. The molecule has 172 valence electrons. The monoisotopic (exact) mass is 479 g/mol. The van der Waals surface area contributed by atoms with Crippen molar-refractivity contribution in [2.75, 3.05) is 16.3 Å². The van der Waals surface area contributed by atoms with Gasteiger partial charge in [0.25, 0.3) is 0 Å². The molecule has 0 spiro atoms. The Morgan fingerprint density at radius 2 is 1.84 bits per heavy atom. The van der Waals surface area contributed by atoms with Gasteiger partial charge in [0.15, 0.2) is 16.8 Å². The van der Waals surface area contributed by atoms with Gasteiger partial charge in [-0.15, -0.1) is 10.2 Å². The fraction of sp³-hybridized carbons (Fsp3) is 0.381. The SMILES string of the molecule is CCn1c(CN(c2ccc(F)cc2)S(C)(=O)=O)nnc1SCC(=O)c1cc(C)n(C)c1C. The topological polar surface area (TPSA) is 90.1 Å². The predicted molar refractivity (Wildman–Crippen MR) is 123 cm³/mol. The molecule has 32 heavy (non-hydrogen) atoms. The van der Waals surface area contributed by atoms with Crippen molar-refractivity contribution in [2.24, 2.45) is 7.05 Å². The number of aryl methyl sites for hydroxylation is 1. The lowest BCUT2D eigenvalue weighted by atomic mass is 10.2. The largest absolute Gasteiger partial charge is 0.351 e. The quantitative estimate of drug-likeness (QED) is 0.345.